The molecule has 7 nitrogen and oxygen atoms in total. The van der Waals surface area contributed by atoms with E-state index in [1.807, 2.05) is 42.5 Å². The molecule has 1 aliphatic rings. The fourth-order valence-electron chi connectivity index (χ4n) is 4.06. The van der Waals surface area contributed by atoms with Crippen molar-refractivity contribution in [1.29, 1.82) is 0 Å². The third kappa shape index (κ3) is 4.75. The molecule has 0 radical (unpaired) electrons. The predicted octanol–water partition coefficient (Wildman–Crippen LogP) is 6.13. The summed E-state index contributed by atoms with van der Waals surface area (Å²) in [5, 5.41) is 2.38. The van der Waals surface area contributed by atoms with Crippen LogP contribution in [0.5, 0.6) is 28.7 Å². The number of esters is 1. The van der Waals surface area contributed by atoms with Gasteiger partial charge in [-0.2, -0.15) is 0 Å². The second kappa shape index (κ2) is 9.54. The van der Waals surface area contributed by atoms with Gasteiger partial charge in [-0.1, -0.05) is 36.4 Å². The second-order valence-electron chi connectivity index (χ2n) is 8.36. The van der Waals surface area contributed by atoms with Crippen LogP contribution in [0.4, 0.5) is 0 Å². The van der Waals surface area contributed by atoms with Gasteiger partial charge in [-0.15, -0.1) is 0 Å². The van der Waals surface area contributed by atoms with Crippen molar-refractivity contribution >= 4 is 33.8 Å². The Morgan fingerprint density at radius 1 is 0.811 bits per heavy atom. The number of benzene rings is 4. The molecule has 0 spiro atoms. The summed E-state index contributed by atoms with van der Waals surface area (Å²) in [4.78, 5) is 25.3. The van der Waals surface area contributed by atoms with Gasteiger partial charge in [0.05, 0.1) is 5.39 Å². The van der Waals surface area contributed by atoms with Crippen LogP contribution in [0.25, 0.3) is 27.8 Å². The molecule has 4 aromatic carbocycles. The highest BCUT2D eigenvalue weighted by Gasteiger charge is 2.13. The Morgan fingerprint density at radius 3 is 2.51 bits per heavy atom. The van der Waals surface area contributed by atoms with Gasteiger partial charge in [-0.05, 0) is 58.8 Å². The summed E-state index contributed by atoms with van der Waals surface area (Å²) in [5.41, 5.74) is 0.715. The summed E-state index contributed by atoms with van der Waals surface area (Å²) < 4.78 is 27.9. The number of carbonyl (C=O) groups excluding carboxylic acids is 1. The summed E-state index contributed by atoms with van der Waals surface area (Å²) >= 11 is 0. The molecular weight excluding hydrogens is 472 g/mol. The Kier molecular flexibility index (Phi) is 5.78. The molecule has 0 unspecified atom stereocenters. The molecule has 182 valence electrons. The minimum atomic E-state index is -0.576. The smallest absolute Gasteiger partial charge is 0.336 e. The molecule has 5 aromatic rings. The highest BCUT2D eigenvalue weighted by molar-refractivity contribution is 5.89. The standard InChI is InChI=1S/C30H20O7/c31-29(12-6-19-5-11-25-27(15-19)34-14-13-33-25)37-23-9-10-24-26(17-23)35-18-28(30(24)32)36-22-8-7-20-3-1-2-4-21(20)16-22/h1-12,15-18H,13-14H2. The number of fused-ring (bicyclic) bond motifs is 3. The van der Waals surface area contributed by atoms with Crippen LogP contribution in [0.15, 0.2) is 100 Å². The number of carbonyl (C=O) groups is 1. The monoisotopic (exact) mass is 492 g/mol. The van der Waals surface area contributed by atoms with Crippen LogP contribution >= 0.6 is 0 Å². The van der Waals surface area contributed by atoms with Crippen molar-refractivity contribution in [2.75, 3.05) is 13.2 Å². The molecule has 7 heteroatoms. The molecule has 0 amide bonds. The van der Waals surface area contributed by atoms with E-state index < -0.39 is 5.97 Å². The summed E-state index contributed by atoms with van der Waals surface area (Å²) in [6.07, 6.45) is 4.19. The SMILES string of the molecule is O=C(C=Cc1ccc2c(c1)OCCO2)Oc1ccc2c(=O)c(Oc3ccc4ccccc4c3)coc2c1. The zero-order chi connectivity index (χ0) is 25.2. The Bertz CT molecular complexity index is 1730. The molecule has 0 fully saturated rings. The zero-order valence-corrected chi connectivity index (χ0v) is 19.5. The minimum Gasteiger partial charge on any atom is -0.486 e. The van der Waals surface area contributed by atoms with Gasteiger partial charge in [0, 0.05) is 12.1 Å². The van der Waals surface area contributed by atoms with E-state index in [4.69, 9.17) is 23.4 Å². The zero-order valence-electron chi connectivity index (χ0n) is 19.5. The van der Waals surface area contributed by atoms with E-state index in [9.17, 15) is 9.59 Å². The van der Waals surface area contributed by atoms with Crippen LogP contribution in [0, 0.1) is 0 Å². The lowest BCUT2D eigenvalue weighted by Crippen LogP contribution is -2.15. The lowest BCUT2D eigenvalue weighted by atomic mass is 10.1. The Labute approximate surface area is 211 Å². The maximum atomic E-state index is 13.0. The van der Waals surface area contributed by atoms with Crippen LogP contribution < -0.4 is 24.4 Å². The molecular formula is C30H20O7. The van der Waals surface area contributed by atoms with Crippen LogP contribution in [0.2, 0.25) is 0 Å². The number of rotatable bonds is 5. The van der Waals surface area contributed by atoms with E-state index in [2.05, 4.69) is 0 Å². The van der Waals surface area contributed by atoms with E-state index in [1.165, 1.54) is 24.5 Å². The maximum absolute atomic E-state index is 13.0. The molecule has 0 saturated carbocycles. The average Bonchev–Trinajstić information content (AvgIpc) is 2.93. The Balaban J connectivity index is 1.17. The molecule has 0 bridgehead atoms. The summed E-state index contributed by atoms with van der Waals surface area (Å²) in [7, 11) is 0. The number of hydrogen-bond acceptors (Lipinski definition) is 7. The van der Waals surface area contributed by atoms with E-state index in [0.29, 0.717) is 35.8 Å². The van der Waals surface area contributed by atoms with Crippen LogP contribution in [0.3, 0.4) is 0 Å². The van der Waals surface area contributed by atoms with Crippen molar-refractivity contribution in [3.05, 3.63) is 107 Å². The topological polar surface area (TPSA) is 84.2 Å². The molecule has 37 heavy (non-hydrogen) atoms. The van der Waals surface area contributed by atoms with Crippen LogP contribution in [-0.2, 0) is 4.79 Å². The first-order valence-electron chi connectivity index (χ1n) is 11.6. The summed E-state index contributed by atoms with van der Waals surface area (Å²) in [5.74, 6) is 1.57. The molecule has 6 rings (SSSR count). The van der Waals surface area contributed by atoms with Gasteiger partial charge in [-0.25, -0.2) is 4.79 Å². The van der Waals surface area contributed by atoms with Gasteiger partial charge in [0.25, 0.3) is 0 Å². The molecule has 1 aromatic heterocycles. The summed E-state index contributed by atoms with van der Waals surface area (Å²) in [6.45, 7) is 0.997. The highest BCUT2D eigenvalue weighted by Crippen LogP contribution is 2.31. The quantitative estimate of drug-likeness (QED) is 0.166. The fraction of sp³-hybridized carbons (Fsp3) is 0.0667. The molecule has 0 saturated heterocycles. The van der Waals surface area contributed by atoms with Crippen molar-refractivity contribution in [1.82, 2.24) is 0 Å². The lowest BCUT2D eigenvalue weighted by Gasteiger charge is -2.18. The second-order valence-corrected chi connectivity index (χ2v) is 8.36. The van der Waals surface area contributed by atoms with Gasteiger partial charge in [0.2, 0.25) is 11.2 Å². The summed E-state index contributed by atoms with van der Waals surface area (Å²) in [6, 6.07) is 23.4. The van der Waals surface area contributed by atoms with E-state index in [-0.39, 0.29) is 22.5 Å². The van der Waals surface area contributed by atoms with Gasteiger partial charge in [-0.3, -0.25) is 4.79 Å². The maximum Gasteiger partial charge on any atom is 0.336 e. The minimum absolute atomic E-state index is 0.0647. The normalized spacial score (nSPS) is 12.6. The average molecular weight is 492 g/mol. The third-order valence-electron chi connectivity index (χ3n) is 5.86. The highest BCUT2D eigenvalue weighted by atomic mass is 16.6. The molecule has 1 aliphatic heterocycles. The van der Waals surface area contributed by atoms with Crippen molar-refractivity contribution in [3.8, 4) is 28.7 Å². The predicted molar refractivity (Wildman–Crippen MR) is 139 cm³/mol. The van der Waals surface area contributed by atoms with Crippen molar-refractivity contribution in [2.45, 2.75) is 0 Å². The van der Waals surface area contributed by atoms with Crippen molar-refractivity contribution in [2.24, 2.45) is 0 Å². The number of hydrogen-bond donors (Lipinski definition) is 0. The third-order valence-corrected chi connectivity index (χ3v) is 5.86. The van der Waals surface area contributed by atoms with Gasteiger partial charge < -0.3 is 23.4 Å². The first kappa shape index (κ1) is 22.4. The van der Waals surface area contributed by atoms with E-state index in [0.717, 1.165) is 16.3 Å². The van der Waals surface area contributed by atoms with Gasteiger partial charge in [0.1, 0.15) is 36.6 Å². The first-order chi connectivity index (χ1) is 18.1. The number of ether oxygens (including phenoxy) is 4. The van der Waals surface area contributed by atoms with E-state index >= 15 is 0 Å². The van der Waals surface area contributed by atoms with Gasteiger partial charge >= 0.3 is 5.97 Å². The Morgan fingerprint density at radius 2 is 1.62 bits per heavy atom. The molecule has 0 aliphatic carbocycles. The van der Waals surface area contributed by atoms with Gasteiger partial charge in [0.15, 0.2) is 11.5 Å². The van der Waals surface area contributed by atoms with Crippen LogP contribution in [-0.4, -0.2) is 19.2 Å². The lowest BCUT2D eigenvalue weighted by molar-refractivity contribution is -0.128. The van der Waals surface area contributed by atoms with E-state index in [1.54, 1.807) is 30.3 Å². The first-order valence-corrected chi connectivity index (χ1v) is 11.6. The molecule has 2 heterocycles. The van der Waals surface area contributed by atoms with Crippen molar-refractivity contribution in [3.63, 3.8) is 0 Å². The largest absolute Gasteiger partial charge is 0.486 e. The van der Waals surface area contributed by atoms with Crippen LogP contribution in [0.1, 0.15) is 5.56 Å². The molecule has 0 N–H and O–H groups in total. The molecule has 0 atom stereocenters. The van der Waals surface area contributed by atoms with Crippen molar-refractivity contribution < 1.29 is 28.2 Å². The Hall–Kier alpha value is -5.04. The fourth-order valence-corrected chi connectivity index (χ4v) is 4.06.